The fourth-order valence-electron chi connectivity index (χ4n) is 3.72. The summed E-state index contributed by atoms with van der Waals surface area (Å²) in [5.74, 6) is -1.68. The summed E-state index contributed by atoms with van der Waals surface area (Å²) in [5, 5.41) is 3.04. The second kappa shape index (κ2) is 10.9. The third-order valence-electron chi connectivity index (χ3n) is 5.57. The first-order valence-electron chi connectivity index (χ1n) is 10.7. The first-order chi connectivity index (χ1) is 14.9. The number of halogens is 2. The Balaban J connectivity index is 1.70. The van der Waals surface area contributed by atoms with E-state index in [1.807, 2.05) is 0 Å². The molecule has 0 unspecified atom stereocenters. The van der Waals surface area contributed by atoms with Gasteiger partial charge in [0.15, 0.2) is 18.2 Å². The quantitative estimate of drug-likeness (QED) is 0.683. The Labute approximate surface area is 181 Å². The summed E-state index contributed by atoms with van der Waals surface area (Å²) in [4.78, 5) is 27.2. The van der Waals surface area contributed by atoms with E-state index in [1.54, 1.807) is 25.1 Å². The van der Waals surface area contributed by atoms with Gasteiger partial charge in [0.25, 0.3) is 5.91 Å². The van der Waals surface area contributed by atoms with Gasteiger partial charge in [-0.25, -0.2) is 8.78 Å². The van der Waals surface area contributed by atoms with Crippen LogP contribution in [0, 0.1) is 11.6 Å². The number of rotatable bonds is 8. The van der Waals surface area contributed by atoms with Gasteiger partial charge in [-0.15, -0.1) is 0 Å². The zero-order valence-electron chi connectivity index (χ0n) is 17.7. The Morgan fingerprint density at radius 2 is 1.74 bits per heavy atom. The maximum Gasteiger partial charge on any atom is 0.261 e. The standard InChI is InChI=1S/C24H28F2N2O3/c1-17(24(30)27-20-7-3-2-4-8-20)28(15-18-11-13-19(25)14-12-18)23(29)16-31-22-10-6-5-9-21(22)26/h5-6,9-14,17,20H,2-4,7-8,15-16H2,1H3,(H,27,30)/t17-/m1/s1. The molecule has 1 aliphatic carbocycles. The lowest BCUT2D eigenvalue weighted by molar-refractivity contribution is -0.142. The van der Waals surface area contributed by atoms with Gasteiger partial charge in [0.2, 0.25) is 5.91 Å². The Morgan fingerprint density at radius 1 is 1.06 bits per heavy atom. The zero-order chi connectivity index (χ0) is 22.2. The van der Waals surface area contributed by atoms with Gasteiger partial charge in [-0.3, -0.25) is 9.59 Å². The molecule has 2 amide bonds. The van der Waals surface area contributed by atoms with Crippen LogP contribution in [-0.2, 0) is 16.1 Å². The predicted molar refractivity (Wildman–Crippen MR) is 113 cm³/mol. The molecule has 1 saturated carbocycles. The first-order valence-corrected chi connectivity index (χ1v) is 10.7. The lowest BCUT2D eigenvalue weighted by Crippen LogP contribution is -2.51. The highest BCUT2D eigenvalue weighted by Gasteiger charge is 2.28. The van der Waals surface area contributed by atoms with Gasteiger partial charge in [0, 0.05) is 12.6 Å². The Morgan fingerprint density at radius 3 is 2.42 bits per heavy atom. The maximum absolute atomic E-state index is 13.8. The van der Waals surface area contributed by atoms with E-state index in [0.717, 1.165) is 25.7 Å². The molecule has 166 valence electrons. The number of para-hydroxylation sites is 1. The third kappa shape index (κ3) is 6.51. The van der Waals surface area contributed by atoms with E-state index in [-0.39, 0.29) is 30.1 Å². The molecule has 2 aromatic carbocycles. The van der Waals surface area contributed by atoms with Crippen LogP contribution in [-0.4, -0.2) is 35.4 Å². The van der Waals surface area contributed by atoms with Gasteiger partial charge in [0.05, 0.1) is 0 Å². The second-order valence-corrected chi connectivity index (χ2v) is 7.89. The predicted octanol–water partition coefficient (Wildman–Crippen LogP) is 4.21. The third-order valence-corrected chi connectivity index (χ3v) is 5.57. The van der Waals surface area contributed by atoms with Crippen LogP contribution < -0.4 is 10.1 Å². The fourth-order valence-corrected chi connectivity index (χ4v) is 3.72. The smallest absolute Gasteiger partial charge is 0.261 e. The summed E-state index contributed by atoms with van der Waals surface area (Å²) in [6, 6.07) is 10.9. The Hall–Kier alpha value is -2.96. The molecule has 1 atom stereocenters. The van der Waals surface area contributed by atoms with Crippen molar-refractivity contribution < 1.29 is 23.1 Å². The molecule has 31 heavy (non-hydrogen) atoms. The summed E-state index contributed by atoms with van der Waals surface area (Å²) in [7, 11) is 0. The number of carbonyl (C=O) groups excluding carboxylic acids is 2. The molecule has 0 aromatic heterocycles. The molecular weight excluding hydrogens is 402 g/mol. The normalized spacial score (nSPS) is 15.2. The van der Waals surface area contributed by atoms with Crippen LogP contribution in [0.4, 0.5) is 8.78 Å². The van der Waals surface area contributed by atoms with Crippen LogP contribution in [0.15, 0.2) is 48.5 Å². The molecule has 1 N–H and O–H groups in total. The Kier molecular flexibility index (Phi) is 7.98. The number of hydrogen-bond acceptors (Lipinski definition) is 3. The number of ether oxygens (including phenoxy) is 1. The molecule has 0 heterocycles. The van der Waals surface area contributed by atoms with Crippen LogP contribution in [0.2, 0.25) is 0 Å². The van der Waals surface area contributed by atoms with Crippen molar-refractivity contribution in [1.29, 1.82) is 0 Å². The van der Waals surface area contributed by atoms with Gasteiger partial charge in [-0.2, -0.15) is 0 Å². The highest BCUT2D eigenvalue weighted by molar-refractivity contribution is 5.88. The molecule has 0 spiro atoms. The molecule has 0 radical (unpaired) electrons. The lowest BCUT2D eigenvalue weighted by atomic mass is 9.95. The molecule has 7 heteroatoms. The van der Waals surface area contributed by atoms with Gasteiger partial charge in [-0.05, 0) is 49.6 Å². The van der Waals surface area contributed by atoms with E-state index in [2.05, 4.69) is 5.32 Å². The Bertz CT molecular complexity index is 883. The van der Waals surface area contributed by atoms with Crippen molar-refractivity contribution in [3.8, 4) is 5.75 Å². The van der Waals surface area contributed by atoms with Crippen molar-refractivity contribution in [3.05, 3.63) is 65.7 Å². The van der Waals surface area contributed by atoms with Crippen LogP contribution in [0.5, 0.6) is 5.75 Å². The lowest BCUT2D eigenvalue weighted by Gasteiger charge is -2.31. The summed E-state index contributed by atoms with van der Waals surface area (Å²) in [6.45, 7) is 1.35. The first kappa shape index (κ1) is 22.7. The molecule has 0 aliphatic heterocycles. The number of nitrogens with zero attached hydrogens (tertiary/aromatic N) is 1. The fraction of sp³-hybridized carbons (Fsp3) is 0.417. The van der Waals surface area contributed by atoms with Gasteiger partial charge in [0.1, 0.15) is 11.9 Å². The summed E-state index contributed by atoms with van der Waals surface area (Å²) in [5.41, 5.74) is 0.679. The number of carbonyl (C=O) groups is 2. The number of benzene rings is 2. The van der Waals surface area contributed by atoms with Crippen molar-refractivity contribution in [2.75, 3.05) is 6.61 Å². The van der Waals surface area contributed by atoms with Crippen molar-refractivity contribution >= 4 is 11.8 Å². The van der Waals surface area contributed by atoms with Crippen molar-refractivity contribution in [2.24, 2.45) is 0 Å². The minimum Gasteiger partial charge on any atom is -0.481 e. The molecule has 0 saturated heterocycles. The summed E-state index contributed by atoms with van der Waals surface area (Å²) in [6.07, 6.45) is 5.19. The molecular formula is C24H28F2N2O3. The SMILES string of the molecule is C[C@H](C(=O)NC1CCCCC1)N(Cc1ccc(F)cc1)C(=O)COc1ccccc1F. The zero-order valence-corrected chi connectivity index (χ0v) is 17.7. The van der Waals surface area contributed by atoms with Crippen molar-refractivity contribution in [3.63, 3.8) is 0 Å². The van der Waals surface area contributed by atoms with Gasteiger partial charge in [-0.1, -0.05) is 43.5 Å². The molecule has 5 nitrogen and oxygen atoms in total. The largest absolute Gasteiger partial charge is 0.481 e. The van der Waals surface area contributed by atoms with Crippen molar-refractivity contribution in [2.45, 2.75) is 57.7 Å². The minimum absolute atomic E-state index is 0.0307. The van der Waals surface area contributed by atoms with Crippen LogP contribution in [0.1, 0.15) is 44.6 Å². The van der Waals surface area contributed by atoms with E-state index in [4.69, 9.17) is 4.74 Å². The number of hydrogen-bond donors (Lipinski definition) is 1. The van der Waals surface area contributed by atoms with Crippen molar-refractivity contribution in [1.82, 2.24) is 10.2 Å². The second-order valence-electron chi connectivity index (χ2n) is 7.89. The molecule has 3 rings (SSSR count). The molecule has 0 bridgehead atoms. The van der Waals surface area contributed by atoms with Gasteiger partial charge >= 0.3 is 0 Å². The van der Waals surface area contributed by atoms with Gasteiger partial charge < -0.3 is 15.0 Å². The van der Waals surface area contributed by atoms with E-state index in [9.17, 15) is 18.4 Å². The highest BCUT2D eigenvalue weighted by atomic mass is 19.1. The van der Waals surface area contributed by atoms with E-state index >= 15 is 0 Å². The topological polar surface area (TPSA) is 58.6 Å². The van der Waals surface area contributed by atoms with Crippen LogP contribution in [0.25, 0.3) is 0 Å². The average molecular weight is 430 g/mol. The number of amides is 2. The summed E-state index contributed by atoms with van der Waals surface area (Å²) < 4.78 is 32.5. The monoisotopic (exact) mass is 430 g/mol. The molecule has 2 aromatic rings. The van der Waals surface area contributed by atoms with E-state index in [1.165, 1.54) is 41.7 Å². The number of nitrogens with one attached hydrogen (secondary N) is 1. The summed E-state index contributed by atoms with van der Waals surface area (Å²) >= 11 is 0. The van der Waals surface area contributed by atoms with E-state index in [0.29, 0.717) is 5.56 Å². The van der Waals surface area contributed by atoms with Crippen LogP contribution in [0.3, 0.4) is 0 Å². The molecule has 1 aliphatic rings. The van der Waals surface area contributed by atoms with E-state index < -0.39 is 24.4 Å². The highest BCUT2D eigenvalue weighted by Crippen LogP contribution is 2.19. The molecule has 1 fully saturated rings. The maximum atomic E-state index is 13.8. The average Bonchev–Trinajstić information content (AvgIpc) is 2.78. The van der Waals surface area contributed by atoms with Crippen LogP contribution >= 0.6 is 0 Å². The minimum atomic E-state index is -0.760.